The molecule has 1 aromatic heterocycles. The van der Waals surface area contributed by atoms with Crippen molar-refractivity contribution in [2.45, 2.75) is 76.7 Å². The number of rotatable bonds is 8. The van der Waals surface area contributed by atoms with Gasteiger partial charge in [-0.15, -0.1) is 0 Å². The Morgan fingerprint density at radius 2 is 1.79 bits per heavy atom. The van der Waals surface area contributed by atoms with Crippen LogP contribution in [0.25, 0.3) is 6.08 Å². The van der Waals surface area contributed by atoms with Gasteiger partial charge in [0.2, 0.25) is 0 Å². The number of pyridine rings is 1. The second-order valence-corrected chi connectivity index (χ2v) is 10.6. The minimum Gasteiger partial charge on any atom is -0.497 e. The van der Waals surface area contributed by atoms with Crippen LogP contribution in [0.3, 0.4) is 0 Å². The number of aryl methyl sites for hydroxylation is 1. The van der Waals surface area contributed by atoms with Gasteiger partial charge in [-0.3, -0.25) is 9.98 Å². The van der Waals surface area contributed by atoms with E-state index in [2.05, 4.69) is 37.4 Å². The highest BCUT2D eigenvalue weighted by atomic mass is 16.5. The highest BCUT2D eigenvalue weighted by Crippen LogP contribution is 2.43. The molecule has 4 aliphatic rings. The number of benzene rings is 1. The summed E-state index contributed by atoms with van der Waals surface area (Å²) in [6.07, 6.45) is 15.2. The number of allylic oxidation sites excluding steroid dienone is 1. The molecular weight excluding hydrogens is 418 g/mol. The number of hydrogen-bond donors (Lipinski definition) is 0. The summed E-state index contributed by atoms with van der Waals surface area (Å²) in [5.41, 5.74) is 7.69. The van der Waals surface area contributed by atoms with Crippen LogP contribution in [0.5, 0.6) is 5.75 Å². The van der Waals surface area contributed by atoms with Crippen molar-refractivity contribution in [1.29, 1.82) is 0 Å². The Hall–Kier alpha value is -2.75. The van der Waals surface area contributed by atoms with Gasteiger partial charge < -0.3 is 4.74 Å². The van der Waals surface area contributed by atoms with Crippen LogP contribution < -0.4 is 15.4 Å². The van der Waals surface area contributed by atoms with Gasteiger partial charge in [0, 0.05) is 28.6 Å². The van der Waals surface area contributed by atoms with Gasteiger partial charge in [-0.1, -0.05) is 19.1 Å². The quantitative estimate of drug-likeness (QED) is 0.546. The molecule has 2 saturated carbocycles. The molecule has 2 unspecified atom stereocenters. The summed E-state index contributed by atoms with van der Waals surface area (Å²) in [6.45, 7) is 2.38. The predicted molar refractivity (Wildman–Crippen MR) is 137 cm³/mol. The molecule has 3 heterocycles. The van der Waals surface area contributed by atoms with Gasteiger partial charge in [-0.2, -0.15) is 0 Å². The molecule has 34 heavy (non-hydrogen) atoms. The van der Waals surface area contributed by atoms with Gasteiger partial charge in [-0.05, 0) is 105 Å². The van der Waals surface area contributed by atoms with Crippen LogP contribution in [0.2, 0.25) is 0 Å². The summed E-state index contributed by atoms with van der Waals surface area (Å²) in [7, 11) is 1.71. The molecule has 176 valence electrons. The number of hydrogen-bond acceptors (Lipinski definition) is 4. The zero-order chi connectivity index (χ0) is 23.1. The molecule has 2 fully saturated rings. The fourth-order valence-electron chi connectivity index (χ4n) is 5.51. The number of aliphatic imine (C=N–C) groups is 1. The predicted octanol–water partition coefficient (Wildman–Crippen LogP) is 5.29. The largest absolute Gasteiger partial charge is 0.497 e. The molecule has 0 radical (unpaired) electrons. The van der Waals surface area contributed by atoms with Crippen molar-refractivity contribution in [2.24, 2.45) is 21.8 Å². The Morgan fingerprint density at radius 1 is 1.00 bits per heavy atom. The van der Waals surface area contributed by atoms with Crippen LogP contribution in [-0.4, -0.2) is 23.8 Å². The minimum absolute atomic E-state index is 0.237. The molecule has 0 amide bonds. The molecule has 0 saturated heterocycles. The second kappa shape index (κ2) is 9.13. The number of nitrogens with zero attached hydrogens (tertiary/aromatic N) is 3. The third kappa shape index (κ3) is 4.60. The zero-order valence-electron chi connectivity index (χ0n) is 20.5. The Balaban J connectivity index is 1.21. The minimum atomic E-state index is 0.237. The molecule has 0 bridgehead atoms. The van der Waals surface area contributed by atoms with E-state index in [1.807, 2.05) is 12.1 Å². The van der Waals surface area contributed by atoms with Gasteiger partial charge in [0.25, 0.3) is 0 Å². The molecule has 4 nitrogen and oxygen atoms in total. The van der Waals surface area contributed by atoms with E-state index in [4.69, 9.17) is 19.7 Å². The summed E-state index contributed by atoms with van der Waals surface area (Å²) in [6, 6.07) is 11.0. The molecule has 0 N–H and O–H groups in total. The number of aromatic nitrogens is 1. The van der Waals surface area contributed by atoms with E-state index < -0.39 is 0 Å². The fraction of sp³-hybridized carbons (Fsp3) is 0.500. The van der Waals surface area contributed by atoms with Gasteiger partial charge in [0.1, 0.15) is 5.75 Å². The normalized spacial score (nSPS) is 23.8. The van der Waals surface area contributed by atoms with Gasteiger partial charge >= 0.3 is 0 Å². The molecule has 6 rings (SSSR count). The lowest BCUT2D eigenvalue weighted by atomic mass is 9.91. The first-order chi connectivity index (χ1) is 16.7. The maximum Gasteiger partial charge on any atom is 0.155 e. The lowest BCUT2D eigenvalue weighted by Crippen LogP contribution is -2.29. The van der Waals surface area contributed by atoms with E-state index >= 15 is 0 Å². The van der Waals surface area contributed by atoms with Crippen molar-refractivity contribution in [3.8, 4) is 5.75 Å². The molecule has 2 aliphatic carbocycles. The summed E-state index contributed by atoms with van der Waals surface area (Å²) in [4.78, 5) is 15.2. The summed E-state index contributed by atoms with van der Waals surface area (Å²) >= 11 is 0. The first-order valence-corrected chi connectivity index (χ1v) is 13.2. The highest BCUT2D eigenvalue weighted by molar-refractivity contribution is 6.02. The smallest absolute Gasteiger partial charge is 0.155 e. The van der Waals surface area contributed by atoms with E-state index in [9.17, 15) is 0 Å². The van der Waals surface area contributed by atoms with Crippen LogP contribution in [0, 0.1) is 11.8 Å². The highest BCUT2D eigenvalue weighted by Gasteiger charge is 2.32. The molecule has 0 spiro atoms. The first kappa shape index (κ1) is 21.8. The van der Waals surface area contributed by atoms with Crippen LogP contribution >= 0.6 is 0 Å². The maximum atomic E-state index is 5.27. The average molecular weight is 454 g/mol. The monoisotopic (exact) mass is 453 g/mol. The summed E-state index contributed by atoms with van der Waals surface area (Å²) in [5, 5.41) is 1.21. The van der Waals surface area contributed by atoms with Gasteiger partial charge in [-0.25, -0.2) is 4.98 Å². The van der Waals surface area contributed by atoms with Crippen molar-refractivity contribution >= 4 is 11.8 Å². The fourth-order valence-corrected chi connectivity index (χ4v) is 5.51. The third-order valence-corrected chi connectivity index (χ3v) is 7.92. The third-order valence-electron chi connectivity index (χ3n) is 7.92. The van der Waals surface area contributed by atoms with E-state index in [1.54, 1.807) is 12.7 Å². The van der Waals surface area contributed by atoms with E-state index in [0.717, 1.165) is 42.8 Å². The Morgan fingerprint density at radius 3 is 2.53 bits per heavy atom. The molecular formula is C30H35N3O. The Bertz CT molecular complexity index is 1250. The zero-order valence-corrected chi connectivity index (χ0v) is 20.5. The standard InChI is InChI=1S/C30H35N3O/c1-19-6-15-28(31-18-27(19)21-9-10-21)26-17-23-16-24(32-30(23)33-29(26)22-11-12-22)5-3-4-20-7-13-25(34-2)14-8-20/h7-8,13-14,16-19,21-22,24H,3-6,9-12,15H2,1-2H3. The topological polar surface area (TPSA) is 46.8 Å². The van der Waals surface area contributed by atoms with E-state index in [1.165, 1.54) is 59.9 Å². The second-order valence-electron chi connectivity index (χ2n) is 10.6. The Labute approximate surface area is 202 Å². The van der Waals surface area contributed by atoms with Crippen LogP contribution in [-0.2, 0) is 6.42 Å². The summed E-state index contributed by atoms with van der Waals surface area (Å²) in [5.74, 6) is 2.96. The van der Waals surface area contributed by atoms with Crippen molar-refractivity contribution in [3.05, 3.63) is 69.6 Å². The van der Waals surface area contributed by atoms with Crippen molar-refractivity contribution in [1.82, 2.24) is 4.98 Å². The lowest BCUT2D eigenvalue weighted by Gasteiger charge is -2.13. The number of fused-ring (bicyclic) bond motifs is 1. The summed E-state index contributed by atoms with van der Waals surface area (Å²) < 4.78 is 5.27. The van der Waals surface area contributed by atoms with Crippen molar-refractivity contribution in [3.63, 3.8) is 0 Å². The van der Waals surface area contributed by atoms with Crippen LogP contribution in [0.4, 0.5) is 0 Å². The molecule has 1 aromatic carbocycles. The van der Waals surface area contributed by atoms with Gasteiger partial charge in [0.05, 0.1) is 18.8 Å². The molecule has 2 aromatic rings. The van der Waals surface area contributed by atoms with Crippen molar-refractivity contribution in [2.75, 3.05) is 7.11 Å². The average Bonchev–Trinajstić information content (AvgIpc) is 3.76. The van der Waals surface area contributed by atoms with Crippen LogP contribution in [0.1, 0.15) is 81.0 Å². The maximum absolute atomic E-state index is 5.27. The van der Waals surface area contributed by atoms with E-state index in [-0.39, 0.29) is 6.04 Å². The number of methoxy groups -OCH3 is 1. The van der Waals surface area contributed by atoms with Crippen LogP contribution in [0.15, 0.2) is 52.1 Å². The van der Waals surface area contributed by atoms with Crippen molar-refractivity contribution < 1.29 is 4.74 Å². The SMILES string of the molecule is COc1ccc(CCCC2C=c3cc(C4=NC=C(C5CC5)C(C)CC4)c(C4CC4)nc3=N2)cc1. The van der Waals surface area contributed by atoms with E-state index in [0.29, 0.717) is 11.8 Å². The molecule has 2 aliphatic heterocycles. The van der Waals surface area contributed by atoms with Gasteiger partial charge in [0.15, 0.2) is 5.49 Å². The Kier molecular flexibility index (Phi) is 5.84. The molecule has 4 heteroatoms. The first-order valence-electron chi connectivity index (χ1n) is 13.2. The molecule has 2 atom stereocenters. The number of ether oxygens (including phenoxy) is 1. The lowest BCUT2D eigenvalue weighted by molar-refractivity contribution is 0.414.